The van der Waals surface area contributed by atoms with E-state index in [-0.39, 0.29) is 37.8 Å². The number of ether oxygens (including phenoxy) is 2. The van der Waals surface area contributed by atoms with E-state index in [9.17, 15) is 18.9 Å². The van der Waals surface area contributed by atoms with Crippen LogP contribution in [0.15, 0.2) is 68.2 Å². The molecule has 234 valence electrons. The molecule has 0 fully saturated rings. The van der Waals surface area contributed by atoms with E-state index in [4.69, 9.17) is 27.0 Å². The fourth-order valence-electron chi connectivity index (χ4n) is 4.19. The minimum atomic E-state index is -1.82. The minimum absolute atomic E-state index is 0.0538. The van der Waals surface area contributed by atoms with Crippen LogP contribution in [-0.2, 0) is 31.8 Å². The maximum absolute atomic E-state index is 13.6. The number of hydrogen-bond donors (Lipinski definition) is 3. The molecule has 3 aromatic rings. The molecule has 2 aliphatic heterocycles. The molecule has 2 aliphatic rings. The molecular weight excluding hydrogens is 630 g/mol. The third kappa shape index (κ3) is 8.16. The highest BCUT2D eigenvalue weighted by Crippen LogP contribution is 2.33. The van der Waals surface area contributed by atoms with Gasteiger partial charge in [-0.15, -0.1) is 11.8 Å². The highest BCUT2D eigenvalue weighted by molar-refractivity contribution is 7.99. The molecule has 0 radical (unpaired) electrons. The third-order valence-electron chi connectivity index (χ3n) is 6.64. The highest BCUT2D eigenvalue weighted by atomic mass is 35.5. The van der Waals surface area contributed by atoms with E-state index >= 15 is 0 Å². The first-order valence-corrected chi connectivity index (χ1v) is 15.9. The molecule has 44 heavy (non-hydrogen) atoms. The van der Waals surface area contributed by atoms with Crippen LogP contribution in [0.2, 0.25) is 0 Å². The van der Waals surface area contributed by atoms with E-state index in [2.05, 4.69) is 25.0 Å². The van der Waals surface area contributed by atoms with E-state index in [1.807, 2.05) is 6.07 Å². The highest BCUT2D eigenvalue weighted by Gasteiger charge is 2.38. The van der Waals surface area contributed by atoms with Gasteiger partial charge >= 0.3 is 5.97 Å². The number of aromatic nitrogens is 2. The van der Waals surface area contributed by atoms with Gasteiger partial charge in [0.1, 0.15) is 16.5 Å². The van der Waals surface area contributed by atoms with Crippen LogP contribution in [0.1, 0.15) is 29.9 Å². The first-order valence-electron chi connectivity index (χ1n) is 13.5. The van der Waals surface area contributed by atoms with Gasteiger partial charge in [-0.3, -0.25) is 9.59 Å². The number of halogens is 1. The number of rotatable bonds is 4. The minimum Gasteiger partial charge on any atom is -0.480 e. The lowest BCUT2D eigenvalue weighted by molar-refractivity contribution is -0.146. The lowest BCUT2D eigenvalue weighted by Crippen LogP contribution is -2.52. The zero-order valence-electron chi connectivity index (χ0n) is 24.1. The Balaban J connectivity index is 1.69. The van der Waals surface area contributed by atoms with Gasteiger partial charge in [-0.1, -0.05) is 28.9 Å². The number of nitrogen functional groups attached to an aromatic ring is 1. The maximum atomic E-state index is 13.6. The van der Waals surface area contributed by atoms with Crippen molar-refractivity contribution in [2.24, 2.45) is 9.75 Å². The molecule has 16 heteroatoms. The number of fused-ring (bicyclic) bond motifs is 13. The Kier molecular flexibility index (Phi) is 11.8. The molecule has 4 N–H and O–H groups in total. The van der Waals surface area contributed by atoms with E-state index in [1.54, 1.807) is 36.4 Å². The maximum Gasteiger partial charge on any atom is 0.324 e. The summed E-state index contributed by atoms with van der Waals surface area (Å²) < 4.78 is 29.7. The molecule has 1 unspecified atom stereocenters. The van der Waals surface area contributed by atoms with Crippen molar-refractivity contribution in [1.29, 1.82) is 0 Å². The van der Waals surface area contributed by atoms with Crippen molar-refractivity contribution in [2.75, 3.05) is 49.8 Å². The molecule has 3 heterocycles. The van der Waals surface area contributed by atoms with E-state index in [0.717, 1.165) is 10.5 Å². The summed E-state index contributed by atoms with van der Waals surface area (Å²) in [5.74, 6) is -1.19. The van der Waals surface area contributed by atoms with Gasteiger partial charge in [0.25, 0.3) is 5.91 Å². The molecule has 1 aromatic heterocycles. The van der Waals surface area contributed by atoms with Crippen LogP contribution in [0.5, 0.6) is 0 Å². The predicted molar refractivity (Wildman–Crippen MR) is 168 cm³/mol. The van der Waals surface area contributed by atoms with Crippen molar-refractivity contribution in [1.82, 2.24) is 14.3 Å². The van der Waals surface area contributed by atoms with E-state index in [0.29, 0.717) is 40.8 Å². The monoisotopic (exact) mass is 661 g/mol. The first kappa shape index (κ1) is 33.4. The van der Waals surface area contributed by atoms with Crippen LogP contribution in [-0.4, -0.2) is 79.7 Å². The molecule has 0 spiro atoms. The summed E-state index contributed by atoms with van der Waals surface area (Å²) in [5, 5.41) is 16.6. The van der Waals surface area contributed by atoms with E-state index in [1.165, 1.54) is 36.1 Å². The Bertz CT molecular complexity index is 1540. The first-order chi connectivity index (χ1) is 21.1. The van der Waals surface area contributed by atoms with Crippen LogP contribution in [0.3, 0.4) is 0 Å². The number of nitrogens with zero attached hydrogens (tertiary/aromatic N) is 5. The summed E-state index contributed by atoms with van der Waals surface area (Å²) in [5.41, 5.74) is 6.83. The number of carbonyl (C=O) groups is 2. The second-order valence-corrected chi connectivity index (χ2v) is 12.6. The van der Waals surface area contributed by atoms with Crippen LogP contribution < -0.4 is 11.1 Å². The number of nitrogens with one attached hydrogen (secondary N) is 1. The van der Waals surface area contributed by atoms with Crippen molar-refractivity contribution in [3.05, 3.63) is 59.9 Å². The van der Waals surface area contributed by atoms with Gasteiger partial charge in [0.2, 0.25) is 0 Å². The van der Waals surface area contributed by atoms with Crippen LogP contribution >= 0.6 is 23.5 Å². The fourth-order valence-corrected chi connectivity index (χ4v) is 6.59. The average Bonchev–Trinajstić information content (AvgIpc) is 3.01. The van der Waals surface area contributed by atoms with Crippen LogP contribution in [0, 0.1) is 0 Å². The molecule has 0 saturated carbocycles. The Hall–Kier alpha value is -3.47. The van der Waals surface area contributed by atoms with Crippen molar-refractivity contribution < 1.29 is 28.4 Å². The van der Waals surface area contributed by atoms with Crippen LogP contribution in [0.4, 0.5) is 11.5 Å². The lowest BCUT2D eigenvalue weighted by Gasteiger charge is -2.33. The Morgan fingerprint density at radius 3 is 2.61 bits per heavy atom. The number of amides is 1. The molecule has 5 rings (SSSR count). The summed E-state index contributed by atoms with van der Waals surface area (Å²) in [6, 6.07) is 12.0. The SMILES string of the molecule is CC(C)(C(=O)O)N1CCOCCOCCSc2c(CN=NCl)cccc2NC(=O)c2nc(cnc2N)-c2ccc(cc2)S1=O. The van der Waals surface area contributed by atoms with Crippen molar-refractivity contribution >= 4 is 57.9 Å². The third-order valence-corrected chi connectivity index (χ3v) is 9.60. The molecule has 1 atom stereocenters. The van der Waals surface area contributed by atoms with E-state index < -0.39 is 28.4 Å². The number of anilines is 2. The van der Waals surface area contributed by atoms with Crippen molar-refractivity contribution in [3.63, 3.8) is 0 Å². The number of carbonyl (C=O) groups excluding carboxylic acids is 1. The molecule has 13 nitrogen and oxygen atoms in total. The summed E-state index contributed by atoms with van der Waals surface area (Å²) in [6.07, 6.45) is 1.44. The quantitative estimate of drug-likeness (QED) is 0.267. The largest absolute Gasteiger partial charge is 0.480 e. The van der Waals surface area contributed by atoms with Gasteiger partial charge in [0, 0.05) is 22.8 Å². The molecule has 0 aliphatic carbocycles. The molecule has 0 saturated heterocycles. The molecular formula is C28H32ClN7O6S2. The zero-order chi connectivity index (χ0) is 31.7. The number of thioether (sulfide) groups is 1. The number of carboxylic acid groups (broad SMARTS) is 1. The number of hydrogen-bond acceptors (Lipinski definition) is 11. The van der Waals surface area contributed by atoms with Crippen LogP contribution in [0.25, 0.3) is 11.3 Å². The summed E-state index contributed by atoms with van der Waals surface area (Å²) in [6.45, 7) is 4.38. The number of carboxylic acids is 1. The molecule has 2 aromatic carbocycles. The van der Waals surface area contributed by atoms with Crippen molar-refractivity contribution in [3.8, 4) is 11.3 Å². The second-order valence-electron chi connectivity index (χ2n) is 9.93. The molecule has 1 amide bonds. The van der Waals surface area contributed by atoms with Gasteiger partial charge < -0.3 is 25.6 Å². The zero-order valence-corrected chi connectivity index (χ0v) is 26.5. The summed E-state index contributed by atoms with van der Waals surface area (Å²) >= 11 is 6.89. The normalized spacial score (nSPS) is 17.8. The Morgan fingerprint density at radius 2 is 1.91 bits per heavy atom. The average molecular weight is 662 g/mol. The summed E-state index contributed by atoms with van der Waals surface area (Å²) in [7, 11) is -1.82. The standard InChI is InChI=1S/C28H32ClN7O6S2/c1-28(2,27(38)39)36-10-11-41-12-13-42-14-15-43-24-19(16-32-35-29)4-3-5-21(24)34-26(37)23-25(30)31-17-22(33-23)18-6-8-20(9-7-18)44(36)40/h3-9,17H,10-16H2,1-2H3,(H2,30,31)(H,34,37)(H,38,39). The van der Waals surface area contributed by atoms with Crippen molar-refractivity contribution in [2.45, 2.75) is 35.7 Å². The summed E-state index contributed by atoms with van der Waals surface area (Å²) in [4.78, 5) is 35.3. The van der Waals surface area contributed by atoms with Gasteiger partial charge in [-0.25, -0.2) is 18.5 Å². The number of aliphatic carboxylic acids is 1. The Labute approximate surface area is 266 Å². The Morgan fingerprint density at radius 1 is 1.18 bits per heavy atom. The number of benzene rings is 2. The predicted octanol–water partition coefficient (Wildman–Crippen LogP) is 4.41. The topological polar surface area (TPSA) is 182 Å². The molecule has 4 bridgehead atoms. The second kappa shape index (κ2) is 15.5. The lowest BCUT2D eigenvalue weighted by atomic mass is 10.1. The van der Waals surface area contributed by atoms with Gasteiger partial charge in [-0.05, 0) is 37.6 Å². The smallest absolute Gasteiger partial charge is 0.324 e. The fraction of sp³-hybridized carbons (Fsp3) is 0.357. The van der Waals surface area contributed by atoms with Gasteiger partial charge in [0.15, 0.2) is 11.5 Å². The van der Waals surface area contributed by atoms with Gasteiger partial charge in [-0.2, -0.15) is 5.11 Å². The van der Waals surface area contributed by atoms with Gasteiger partial charge in [0.05, 0.1) is 67.2 Å². The number of nitrogens with two attached hydrogens (primary N) is 1.